The van der Waals surface area contributed by atoms with Crippen molar-refractivity contribution in [3.63, 3.8) is 0 Å². The number of amides is 1. The standard InChI is InChI=1S/C30H50N4O3/c1-28(2)21-26(32-22-23-6-8-24(9-7-23)33(4)5)30(13-12-29(3,36)20-25(28)30)11-10-27(35)31-14-15-34-16-18-37-19-17-34/h6-9,25-26,32,36H,10-22H2,1-5H3,(H,31,35)/t25-,26-,29+,30+/m0/s1. The third kappa shape index (κ3) is 6.86. The highest BCUT2D eigenvalue weighted by Crippen LogP contribution is 2.63. The van der Waals surface area contributed by atoms with Crippen molar-refractivity contribution in [2.24, 2.45) is 16.7 Å². The number of carbonyl (C=O) groups is 1. The number of rotatable bonds is 10. The number of benzene rings is 1. The van der Waals surface area contributed by atoms with Crippen molar-refractivity contribution in [1.82, 2.24) is 15.5 Å². The second kappa shape index (κ2) is 11.6. The Kier molecular flexibility index (Phi) is 8.89. The molecule has 1 aromatic carbocycles. The van der Waals surface area contributed by atoms with E-state index in [-0.39, 0.29) is 16.7 Å². The molecular formula is C30H50N4O3. The molecule has 7 nitrogen and oxygen atoms in total. The van der Waals surface area contributed by atoms with E-state index in [9.17, 15) is 9.90 Å². The Morgan fingerprint density at radius 1 is 1.11 bits per heavy atom. The van der Waals surface area contributed by atoms with Gasteiger partial charge in [-0.3, -0.25) is 9.69 Å². The summed E-state index contributed by atoms with van der Waals surface area (Å²) in [6.07, 6.45) is 5.07. The molecule has 3 aliphatic rings. The van der Waals surface area contributed by atoms with Crippen LogP contribution < -0.4 is 15.5 Å². The van der Waals surface area contributed by atoms with Gasteiger partial charge in [-0.05, 0) is 73.5 Å². The minimum atomic E-state index is -0.622. The van der Waals surface area contributed by atoms with Crippen LogP contribution in [-0.4, -0.2) is 81.0 Å². The Balaban J connectivity index is 1.41. The number of ether oxygens (including phenoxy) is 1. The lowest BCUT2D eigenvalue weighted by Gasteiger charge is -2.51. The SMILES string of the molecule is CN(C)c1ccc(CN[C@H]2CC(C)(C)[C@@H]3C[C@](C)(O)CC[C@@]23CCC(=O)NCCN2CCOCC2)cc1. The summed E-state index contributed by atoms with van der Waals surface area (Å²) in [5.41, 5.74) is 2.01. The molecule has 2 saturated carbocycles. The van der Waals surface area contributed by atoms with Crippen molar-refractivity contribution >= 4 is 11.6 Å². The van der Waals surface area contributed by atoms with Gasteiger partial charge in [0.05, 0.1) is 18.8 Å². The lowest BCUT2D eigenvalue weighted by atomic mass is 9.57. The summed E-state index contributed by atoms with van der Waals surface area (Å²) in [5.74, 6) is 0.542. The third-order valence-corrected chi connectivity index (χ3v) is 9.51. The van der Waals surface area contributed by atoms with E-state index >= 15 is 0 Å². The van der Waals surface area contributed by atoms with Crippen LogP contribution in [0.2, 0.25) is 0 Å². The van der Waals surface area contributed by atoms with Gasteiger partial charge < -0.3 is 25.4 Å². The molecule has 0 unspecified atom stereocenters. The molecule has 4 rings (SSSR count). The van der Waals surface area contributed by atoms with Crippen molar-refractivity contribution in [3.8, 4) is 0 Å². The minimum absolute atomic E-state index is 0.0247. The Morgan fingerprint density at radius 2 is 1.81 bits per heavy atom. The molecule has 0 aromatic heterocycles. The molecule has 4 atom stereocenters. The van der Waals surface area contributed by atoms with E-state index in [4.69, 9.17) is 4.74 Å². The van der Waals surface area contributed by atoms with Gasteiger partial charge in [0.25, 0.3) is 0 Å². The zero-order valence-electron chi connectivity index (χ0n) is 23.8. The number of morpholine rings is 1. The monoisotopic (exact) mass is 514 g/mol. The van der Waals surface area contributed by atoms with E-state index in [0.29, 0.717) is 24.9 Å². The molecule has 3 fully saturated rings. The van der Waals surface area contributed by atoms with Crippen LogP contribution in [0.3, 0.4) is 0 Å². The van der Waals surface area contributed by atoms with E-state index in [0.717, 1.165) is 71.5 Å². The lowest BCUT2D eigenvalue weighted by Crippen LogP contribution is -2.51. The topological polar surface area (TPSA) is 77.1 Å². The average Bonchev–Trinajstić information content (AvgIpc) is 3.08. The van der Waals surface area contributed by atoms with E-state index in [1.54, 1.807) is 0 Å². The molecule has 1 heterocycles. The molecule has 1 amide bonds. The number of hydrogen-bond donors (Lipinski definition) is 3. The summed E-state index contributed by atoms with van der Waals surface area (Å²) in [5, 5.41) is 18.1. The van der Waals surface area contributed by atoms with Gasteiger partial charge in [-0.2, -0.15) is 0 Å². The lowest BCUT2D eigenvalue weighted by molar-refractivity contribution is -0.123. The van der Waals surface area contributed by atoms with Crippen LogP contribution in [0.5, 0.6) is 0 Å². The van der Waals surface area contributed by atoms with Gasteiger partial charge in [0, 0.05) is 65.0 Å². The predicted octanol–water partition coefficient (Wildman–Crippen LogP) is 3.41. The van der Waals surface area contributed by atoms with Crippen LogP contribution >= 0.6 is 0 Å². The molecule has 1 saturated heterocycles. The van der Waals surface area contributed by atoms with Gasteiger partial charge in [0.1, 0.15) is 0 Å². The van der Waals surface area contributed by atoms with E-state index in [1.165, 1.54) is 11.3 Å². The second-order valence-electron chi connectivity index (χ2n) is 13.0. The van der Waals surface area contributed by atoms with Crippen molar-refractivity contribution in [1.29, 1.82) is 0 Å². The summed E-state index contributed by atoms with van der Waals surface area (Å²) in [6, 6.07) is 9.10. The maximum absolute atomic E-state index is 12.9. The van der Waals surface area contributed by atoms with Crippen LogP contribution in [0.4, 0.5) is 5.69 Å². The Morgan fingerprint density at radius 3 is 2.49 bits per heavy atom. The maximum Gasteiger partial charge on any atom is 0.220 e. The summed E-state index contributed by atoms with van der Waals surface area (Å²) in [7, 11) is 4.13. The quantitative estimate of drug-likeness (QED) is 0.444. The Labute approximate surface area is 224 Å². The Hall–Kier alpha value is -1.67. The van der Waals surface area contributed by atoms with Crippen LogP contribution in [0.25, 0.3) is 0 Å². The van der Waals surface area contributed by atoms with E-state index in [1.807, 2.05) is 6.92 Å². The molecule has 0 spiro atoms. The normalized spacial score (nSPS) is 31.6. The first-order valence-corrected chi connectivity index (χ1v) is 14.3. The van der Waals surface area contributed by atoms with Crippen molar-refractivity contribution < 1.29 is 14.6 Å². The fourth-order valence-corrected chi connectivity index (χ4v) is 7.28. The highest BCUT2D eigenvalue weighted by molar-refractivity contribution is 5.75. The minimum Gasteiger partial charge on any atom is -0.390 e. The molecule has 1 aliphatic heterocycles. The zero-order valence-corrected chi connectivity index (χ0v) is 23.8. The average molecular weight is 515 g/mol. The third-order valence-electron chi connectivity index (χ3n) is 9.51. The summed E-state index contributed by atoms with van der Waals surface area (Å²) >= 11 is 0. The van der Waals surface area contributed by atoms with Gasteiger partial charge in [0.2, 0.25) is 5.91 Å². The van der Waals surface area contributed by atoms with E-state index < -0.39 is 5.60 Å². The van der Waals surface area contributed by atoms with Gasteiger partial charge in [-0.1, -0.05) is 26.0 Å². The number of hydrogen-bond acceptors (Lipinski definition) is 6. The van der Waals surface area contributed by atoms with Gasteiger partial charge in [-0.15, -0.1) is 0 Å². The van der Waals surface area contributed by atoms with Gasteiger partial charge >= 0.3 is 0 Å². The van der Waals surface area contributed by atoms with Crippen LogP contribution in [0.15, 0.2) is 24.3 Å². The number of aliphatic hydroxyl groups is 1. The summed E-state index contributed by atoms with van der Waals surface area (Å²) in [6.45, 7) is 12.6. The van der Waals surface area contributed by atoms with Crippen molar-refractivity contribution in [3.05, 3.63) is 29.8 Å². The number of nitrogens with zero attached hydrogens (tertiary/aromatic N) is 2. The van der Waals surface area contributed by atoms with Crippen LogP contribution in [0.1, 0.15) is 64.9 Å². The summed E-state index contributed by atoms with van der Waals surface area (Å²) in [4.78, 5) is 17.4. The molecule has 2 aliphatic carbocycles. The van der Waals surface area contributed by atoms with Gasteiger partial charge in [0.15, 0.2) is 0 Å². The maximum atomic E-state index is 12.9. The van der Waals surface area contributed by atoms with Gasteiger partial charge in [-0.25, -0.2) is 0 Å². The summed E-state index contributed by atoms with van der Waals surface area (Å²) < 4.78 is 5.42. The largest absolute Gasteiger partial charge is 0.390 e. The molecule has 0 radical (unpaired) electrons. The number of fused-ring (bicyclic) bond motifs is 1. The molecule has 0 bridgehead atoms. The molecular weight excluding hydrogens is 464 g/mol. The Bertz CT molecular complexity index is 895. The zero-order chi connectivity index (χ0) is 26.7. The van der Waals surface area contributed by atoms with Crippen LogP contribution in [0, 0.1) is 16.7 Å². The first-order valence-electron chi connectivity index (χ1n) is 14.3. The number of anilines is 1. The molecule has 3 N–H and O–H groups in total. The molecule has 37 heavy (non-hydrogen) atoms. The van der Waals surface area contributed by atoms with E-state index in [2.05, 4.69) is 72.6 Å². The number of carbonyl (C=O) groups excluding carboxylic acids is 1. The first kappa shape index (κ1) is 28.3. The van der Waals surface area contributed by atoms with Crippen molar-refractivity contribution in [2.45, 2.75) is 77.5 Å². The van der Waals surface area contributed by atoms with Crippen molar-refractivity contribution in [2.75, 3.05) is 58.4 Å². The predicted molar refractivity (Wildman–Crippen MR) is 150 cm³/mol. The second-order valence-corrected chi connectivity index (χ2v) is 13.0. The smallest absolute Gasteiger partial charge is 0.220 e. The first-order chi connectivity index (χ1) is 17.5. The highest BCUT2D eigenvalue weighted by Gasteiger charge is 2.61. The molecule has 7 heteroatoms. The molecule has 208 valence electrons. The van der Waals surface area contributed by atoms with Crippen LogP contribution in [-0.2, 0) is 16.1 Å². The fraction of sp³-hybridized carbons (Fsp3) is 0.767. The number of nitrogens with one attached hydrogen (secondary N) is 2. The fourth-order valence-electron chi connectivity index (χ4n) is 7.28. The highest BCUT2D eigenvalue weighted by atomic mass is 16.5. The molecule has 1 aromatic rings.